The fourth-order valence-electron chi connectivity index (χ4n) is 2.36. The molecule has 0 aliphatic heterocycles. The molecule has 2 unspecified atom stereocenters. The summed E-state index contributed by atoms with van der Waals surface area (Å²) < 4.78 is 5.73. The van der Waals surface area contributed by atoms with Crippen LogP contribution in [-0.2, 0) is 0 Å². The predicted molar refractivity (Wildman–Crippen MR) is 67.7 cm³/mol. The van der Waals surface area contributed by atoms with E-state index in [0.29, 0.717) is 11.6 Å². The van der Waals surface area contributed by atoms with Gasteiger partial charge < -0.3 is 15.6 Å². The molecular weight excluding hydrogens is 232 g/mol. The molecule has 0 saturated heterocycles. The van der Waals surface area contributed by atoms with Crippen LogP contribution in [-0.4, -0.2) is 22.2 Å². The third kappa shape index (κ3) is 2.91. The quantitative estimate of drug-likeness (QED) is 0.859. The summed E-state index contributed by atoms with van der Waals surface area (Å²) in [6, 6.07) is 1.39. The Morgan fingerprint density at radius 2 is 2.33 bits per heavy atom. The number of rotatable bonds is 3. The number of aromatic carboxylic acids is 1. The minimum absolute atomic E-state index is 0.0354. The van der Waals surface area contributed by atoms with E-state index in [1.165, 1.54) is 18.7 Å². The second-order valence-corrected chi connectivity index (χ2v) is 4.94. The van der Waals surface area contributed by atoms with Crippen molar-refractivity contribution in [1.29, 1.82) is 0 Å². The fraction of sp³-hybridized carbons (Fsp3) is 0.538. The van der Waals surface area contributed by atoms with Gasteiger partial charge in [0.15, 0.2) is 0 Å². The summed E-state index contributed by atoms with van der Waals surface area (Å²) in [5, 5.41) is 9.10. The molecule has 1 aliphatic carbocycles. The largest absolute Gasteiger partial charge is 0.477 e. The Bertz CT molecular complexity index is 448. The number of aromatic nitrogens is 1. The van der Waals surface area contributed by atoms with E-state index >= 15 is 0 Å². The Morgan fingerprint density at radius 3 is 3.00 bits per heavy atom. The number of ether oxygens (including phenoxy) is 1. The van der Waals surface area contributed by atoms with Crippen LogP contribution in [0, 0.1) is 5.92 Å². The average molecular weight is 250 g/mol. The van der Waals surface area contributed by atoms with Crippen LogP contribution in [0.15, 0.2) is 12.3 Å². The molecule has 3 N–H and O–H groups in total. The molecule has 0 radical (unpaired) electrons. The normalized spacial score (nSPS) is 23.6. The molecule has 1 heterocycles. The number of nitrogens with zero attached hydrogens (tertiary/aromatic N) is 1. The van der Waals surface area contributed by atoms with E-state index in [-0.39, 0.29) is 17.5 Å². The summed E-state index contributed by atoms with van der Waals surface area (Å²) in [7, 11) is 0. The van der Waals surface area contributed by atoms with E-state index in [0.717, 1.165) is 19.3 Å². The lowest BCUT2D eigenvalue weighted by molar-refractivity contribution is 0.0680. The van der Waals surface area contributed by atoms with Crippen molar-refractivity contribution in [1.82, 2.24) is 4.98 Å². The standard InChI is InChI=1S/C13H18N2O3/c1-8-3-2-4-10(5-8)18-12-11(13(16)17)6-9(14)7-15-12/h6-8,10H,2-5,14H2,1H3,(H,16,17). The first-order valence-corrected chi connectivity index (χ1v) is 6.21. The Morgan fingerprint density at radius 1 is 1.56 bits per heavy atom. The lowest BCUT2D eigenvalue weighted by Gasteiger charge is -2.27. The number of carboxylic acids is 1. The Balaban J connectivity index is 2.15. The van der Waals surface area contributed by atoms with E-state index in [9.17, 15) is 4.79 Å². The number of anilines is 1. The monoisotopic (exact) mass is 250 g/mol. The van der Waals surface area contributed by atoms with Gasteiger partial charge in [0.05, 0.1) is 11.9 Å². The van der Waals surface area contributed by atoms with E-state index in [1.807, 2.05) is 0 Å². The van der Waals surface area contributed by atoms with Gasteiger partial charge >= 0.3 is 5.97 Å². The van der Waals surface area contributed by atoms with Crippen molar-refractivity contribution in [2.75, 3.05) is 5.73 Å². The lowest BCUT2D eigenvalue weighted by atomic mass is 9.89. The molecule has 1 aromatic rings. The number of hydrogen-bond acceptors (Lipinski definition) is 4. The maximum absolute atomic E-state index is 11.1. The van der Waals surface area contributed by atoms with E-state index in [2.05, 4.69) is 11.9 Å². The summed E-state index contributed by atoms with van der Waals surface area (Å²) in [4.78, 5) is 15.1. The van der Waals surface area contributed by atoms with Crippen LogP contribution in [0.4, 0.5) is 5.69 Å². The van der Waals surface area contributed by atoms with E-state index in [1.54, 1.807) is 0 Å². The summed E-state index contributed by atoms with van der Waals surface area (Å²) in [5.74, 6) is -0.268. The highest BCUT2D eigenvalue weighted by Crippen LogP contribution is 2.28. The van der Waals surface area contributed by atoms with Gasteiger partial charge in [-0.05, 0) is 31.2 Å². The number of nitrogens with two attached hydrogens (primary N) is 1. The first-order valence-electron chi connectivity index (χ1n) is 6.21. The third-order valence-corrected chi connectivity index (χ3v) is 3.27. The van der Waals surface area contributed by atoms with Crippen molar-refractivity contribution >= 4 is 11.7 Å². The van der Waals surface area contributed by atoms with Crippen LogP contribution in [0.2, 0.25) is 0 Å². The van der Waals surface area contributed by atoms with Gasteiger partial charge in [-0.15, -0.1) is 0 Å². The Kier molecular flexibility index (Phi) is 3.69. The van der Waals surface area contributed by atoms with Crippen molar-refractivity contribution in [3.8, 4) is 5.88 Å². The number of carboxylic acid groups (broad SMARTS) is 1. The molecule has 2 rings (SSSR count). The smallest absolute Gasteiger partial charge is 0.341 e. The average Bonchev–Trinajstić information content (AvgIpc) is 2.31. The molecule has 0 aromatic carbocycles. The first-order chi connectivity index (χ1) is 8.56. The van der Waals surface area contributed by atoms with Crippen molar-refractivity contribution < 1.29 is 14.6 Å². The third-order valence-electron chi connectivity index (χ3n) is 3.27. The second kappa shape index (κ2) is 5.25. The van der Waals surface area contributed by atoms with Gasteiger partial charge in [0.2, 0.25) is 5.88 Å². The molecule has 0 bridgehead atoms. The highest BCUT2D eigenvalue weighted by Gasteiger charge is 2.23. The molecule has 0 amide bonds. The number of pyridine rings is 1. The van der Waals surface area contributed by atoms with Crippen molar-refractivity contribution in [3.05, 3.63) is 17.8 Å². The molecule has 0 spiro atoms. The van der Waals surface area contributed by atoms with E-state index < -0.39 is 5.97 Å². The predicted octanol–water partition coefficient (Wildman–Crippen LogP) is 2.32. The molecule has 5 heteroatoms. The zero-order valence-electron chi connectivity index (χ0n) is 10.4. The fourth-order valence-corrected chi connectivity index (χ4v) is 2.36. The number of hydrogen-bond donors (Lipinski definition) is 2. The minimum Gasteiger partial charge on any atom is -0.477 e. The molecule has 1 aromatic heterocycles. The summed E-state index contributed by atoms with van der Waals surface area (Å²) in [6.45, 7) is 2.18. The van der Waals surface area contributed by atoms with Crippen molar-refractivity contribution in [2.24, 2.45) is 5.92 Å². The van der Waals surface area contributed by atoms with Crippen molar-refractivity contribution in [2.45, 2.75) is 38.7 Å². The highest BCUT2D eigenvalue weighted by atomic mass is 16.5. The summed E-state index contributed by atoms with van der Waals surface area (Å²) >= 11 is 0. The van der Waals surface area contributed by atoms with Crippen LogP contribution < -0.4 is 10.5 Å². The molecule has 1 aliphatic rings. The van der Waals surface area contributed by atoms with Crippen LogP contribution in [0.5, 0.6) is 5.88 Å². The number of nitrogen functional groups attached to an aromatic ring is 1. The highest BCUT2D eigenvalue weighted by molar-refractivity contribution is 5.91. The molecular formula is C13H18N2O3. The SMILES string of the molecule is CC1CCCC(Oc2ncc(N)cc2C(=O)O)C1. The minimum atomic E-state index is -1.06. The van der Waals surface area contributed by atoms with Crippen LogP contribution in [0.3, 0.4) is 0 Å². The van der Waals surface area contributed by atoms with Crippen LogP contribution in [0.1, 0.15) is 43.0 Å². The van der Waals surface area contributed by atoms with Gasteiger partial charge in [0.25, 0.3) is 0 Å². The summed E-state index contributed by atoms with van der Waals surface area (Å²) in [6.07, 6.45) is 5.71. The molecule has 1 fully saturated rings. The van der Waals surface area contributed by atoms with Gasteiger partial charge in [0, 0.05) is 0 Å². The maximum atomic E-state index is 11.1. The summed E-state index contributed by atoms with van der Waals surface area (Å²) in [5.41, 5.74) is 5.90. The molecule has 5 nitrogen and oxygen atoms in total. The maximum Gasteiger partial charge on any atom is 0.341 e. The van der Waals surface area contributed by atoms with Gasteiger partial charge in [-0.3, -0.25) is 0 Å². The Hall–Kier alpha value is -1.78. The van der Waals surface area contributed by atoms with Crippen LogP contribution >= 0.6 is 0 Å². The van der Waals surface area contributed by atoms with Crippen LogP contribution in [0.25, 0.3) is 0 Å². The lowest BCUT2D eigenvalue weighted by Crippen LogP contribution is -2.25. The van der Waals surface area contributed by atoms with Gasteiger partial charge in [0.1, 0.15) is 11.7 Å². The topological polar surface area (TPSA) is 85.4 Å². The Labute approximate surface area is 106 Å². The number of carbonyl (C=O) groups is 1. The zero-order chi connectivity index (χ0) is 13.1. The van der Waals surface area contributed by atoms with Gasteiger partial charge in [-0.2, -0.15) is 0 Å². The van der Waals surface area contributed by atoms with Gasteiger partial charge in [-0.1, -0.05) is 13.3 Å². The molecule has 18 heavy (non-hydrogen) atoms. The molecule has 98 valence electrons. The first kappa shape index (κ1) is 12.7. The molecule has 1 saturated carbocycles. The molecule has 2 atom stereocenters. The second-order valence-electron chi connectivity index (χ2n) is 4.94. The van der Waals surface area contributed by atoms with E-state index in [4.69, 9.17) is 15.6 Å². The van der Waals surface area contributed by atoms with Gasteiger partial charge in [-0.25, -0.2) is 9.78 Å². The van der Waals surface area contributed by atoms with Crippen molar-refractivity contribution in [3.63, 3.8) is 0 Å². The zero-order valence-corrected chi connectivity index (χ0v) is 10.4.